The molecule has 7 heteroatoms. The van der Waals surface area contributed by atoms with E-state index in [0.717, 1.165) is 17.8 Å². The second-order valence-electron chi connectivity index (χ2n) is 5.19. The molecule has 2 aromatic carbocycles. The van der Waals surface area contributed by atoms with Crippen molar-refractivity contribution in [2.45, 2.75) is 12.3 Å². The van der Waals surface area contributed by atoms with E-state index in [4.69, 9.17) is 0 Å². The van der Waals surface area contributed by atoms with Gasteiger partial charge in [-0.25, -0.2) is 5.43 Å². The second kappa shape index (κ2) is 6.37. The van der Waals surface area contributed by atoms with Crippen LogP contribution in [0.25, 0.3) is 5.70 Å². The first-order valence-corrected chi connectivity index (χ1v) is 7.19. The molecule has 1 atom stereocenters. The van der Waals surface area contributed by atoms with Crippen LogP contribution in [0, 0.1) is 0 Å². The highest BCUT2D eigenvalue weighted by Crippen LogP contribution is 2.33. The predicted octanol–water partition coefficient (Wildman–Crippen LogP) is 3.14. The summed E-state index contributed by atoms with van der Waals surface area (Å²) in [6.07, 6.45) is -2.73. The summed E-state index contributed by atoms with van der Waals surface area (Å²) >= 11 is 0. The number of benzene rings is 2. The van der Waals surface area contributed by atoms with Crippen LogP contribution in [0.5, 0.6) is 0 Å². The lowest BCUT2D eigenvalue weighted by atomic mass is 10.1. The predicted molar refractivity (Wildman–Crippen MR) is 84.5 cm³/mol. The van der Waals surface area contributed by atoms with Crippen LogP contribution < -0.4 is 15.8 Å². The zero-order chi connectivity index (χ0) is 17.2. The van der Waals surface area contributed by atoms with Crippen LogP contribution in [0.2, 0.25) is 0 Å². The highest BCUT2D eigenvalue weighted by Gasteiger charge is 2.32. The molecule has 0 aliphatic carbocycles. The molecule has 1 amide bonds. The third kappa shape index (κ3) is 3.26. The molecule has 3 rings (SSSR count). The van der Waals surface area contributed by atoms with Crippen molar-refractivity contribution in [1.82, 2.24) is 10.7 Å². The summed E-state index contributed by atoms with van der Waals surface area (Å²) in [5.41, 5.74) is 3.99. The third-order valence-electron chi connectivity index (χ3n) is 3.58. The van der Waals surface area contributed by atoms with Gasteiger partial charge in [0.1, 0.15) is 6.17 Å². The standard InChI is InChI=1S/C17H14F3N3O/c18-17(19,20)13-6-4-5-12(9-13)15-10-16(21-11-24)22-23(15)14-7-2-1-3-8-14/h1-11,16,22H,(H,21,24). The Morgan fingerprint density at radius 2 is 1.83 bits per heavy atom. The zero-order valence-corrected chi connectivity index (χ0v) is 12.4. The van der Waals surface area contributed by atoms with Gasteiger partial charge in [0.25, 0.3) is 0 Å². The van der Waals surface area contributed by atoms with Crippen LogP contribution in [0.15, 0.2) is 60.7 Å². The summed E-state index contributed by atoms with van der Waals surface area (Å²) in [5, 5.41) is 4.21. The fraction of sp³-hybridized carbons (Fsp3) is 0.118. The van der Waals surface area contributed by atoms with E-state index >= 15 is 0 Å². The molecule has 1 unspecified atom stereocenters. The minimum Gasteiger partial charge on any atom is -0.338 e. The number of rotatable bonds is 4. The van der Waals surface area contributed by atoms with E-state index in [-0.39, 0.29) is 0 Å². The van der Waals surface area contributed by atoms with E-state index < -0.39 is 17.9 Å². The first kappa shape index (κ1) is 16.1. The Morgan fingerprint density at radius 3 is 2.50 bits per heavy atom. The van der Waals surface area contributed by atoms with Crippen molar-refractivity contribution in [1.29, 1.82) is 0 Å². The molecule has 124 valence electrons. The Bertz CT molecular complexity index is 759. The molecule has 0 radical (unpaired) electrons. The Kier molecular flexibility index (Phi) is 4.26. The van der Waals surface area contributed by atoms with Crippen LogP contribution in [0.1, 0.15) is 11.1 Å². The topological polar surface area (TPSA) is 44.4 Å². The van der Waals surface area contributed by atoms with E-state index in [1.54, 1.807) is 17.2 Å². The average Bonchev–Trinajstić information content (AvgIpc) is 2.99. The van der Waals surface area contributed by atoms with Gasteiger partial charge >= 0.3 is 6.18 Å². The lowest BCUT2D eigenvalue weighted by molar-refractivity contribution is -0.137. The maximum atomic E-state index is 13.0. The molecule has 4 nitrogen and oxygen atoms in total. The van der Waals surface area contributed by atoms with Crippen molar-refractivity contribution in [3.05, 3.63) is 71.8 Å². The van der Waals surface area contributed by atoms with Gasteiger partial charge in [-0.15, -0.1) is 0 Å². The summed E-state index contributed by atoms with van der Waals surface area (Å²) in [6, 6.07) is 14.2. The Hall–Kier alpha value is -2.80. The molecule has 2 aromatic rings. The summed E-state index contributed by atoms with van der Waals surface area (Å²) < 4.78 is 38.9. The normalized spacial score (nSPS) is 17.5. The van der Waals surface area contributed by atoms with Crippen LogP contribution in [0.4, 0.5) is 18.9 Å². The van der Waals surface area contributed by atoms with Crippen molar-refractivity contribution in [2.75, 3.05) is 5.01 Å². The van der Waals surface area contributed by atoms with Gasteiger partial charge in [-0.3, -0.25) is 9.80 Å². The zero-order valence-electron chi connectivity index (χ0n) is 12.4. The number of alkyl halides is 3. The van der Waals surface area contributed by atoms with Gasteiger partial charge in [-0.05, 0) is 30.3 Å². The quantitative estimate of drug-likeness (QED) is 0.845. The number of carbonyl (C=O) groups excluding carboxylic acids is 1. The van der Waals surface area contributed by atoms with Gasteiger partial charge in [0.05, 0.1) is 16.9 Å². The van der Waals surface area contributed by atoms with Crippen LogP contribution in [-0.4, -0.2) is 12.6 Å². The van der Waals surface area contributed by atoms with Crippen molar-refractivity contribution >= 4 is 17.8 Å². The molecule has 0 saturated heterocycles. The maximum absolute atomic E-state index is 13.0. The van der Waals surface area contributed by atoms with E-state index in [9.17, 15) is 18.0 Å². The minimum atomic E-state index is -4.42. The number of hydrogen-bond donors (Lipinski definition) is 2. The van der Waals surface area contributed by atoms with Gasteiger partial charge < -0.3 is 5.32 Å². The number of carbonyl (C=O) groups is 1. The number of hydrogen-bond acceptors (Lipinski definition) is 3. The summed E-state index contributed by atoms with van der Waals surface area (Å²) in [6.45, 7) is 0. The van der Waals surface area contributed by atoms with Crippen LogP contribution in [-0.2, 0) is 11.0 Å². The Labute approximate surface area is 136 Å². The first-order valence-electron chi connectivity index (χ1n) is 7.19. The number of halogens is 3. The lowest BCUT2D eigenvalue weighted by Gasteiger charge is -2.24. The highest BCUT2D eigenvalue weighted by atomic mass is 19.4. The van der Waals surface area contributed by atoms with Gasteiger partial charge in [0.15, 0.2) is 0 Å². The lowest BCUT2D eigenvalue weighted by Crippen LogP contribution is -2.44. The van der Waals surface area contributed by atoms with E-state index in [0.29, 0.717) is 17.7 Å². The Morgan fingerprint density at radius 1 is 1.08 bits per heavy atom. The number of para-hydroxylation sites is 1. The molecular formula is C17H14F3N3O. The summed E-state index contributed by atoms with van der Waals surface area (Å²) in [5.74, 6) is 0. The molecule has 1 aliphatic rings. The molecule has 24 heavy (non-hydrogen) atoms. The number of anilines is 1. The van der Waals surface area contributed by atoms with Crippen molar-refractivity contribution in [2.24, 2.45) is 0 Å². The largest absolute Gasteiger partial charge is 0.416 e. The SMILES string of the molecule is O=CNC1C=C(c2cccc(C(F)(F)F)c2)N(c2ccccc2)N1. The minimum absolute atomic E-state index is 0.399. The fourth-order valence-electron chi connectivity index (χ4n) is 2.51. The molecule has 0 saturated carbocycles. The van der Waals surface area contributed by atoms with E-state index in [1.807, 2.05) is 30.3 Å². The number of amides is 1. The molecule has 0 spiro atoms. The molecule has 2 N–H and O–H groups in total. The number of nitrogens with one attached hydrogen (secondary N) is 2. The molecule has 0 aromatic heterocycles. The van der Waals surface area contributed by atoms with Crippen LogP contribution >= 0.6 is 0 Å². The third-order valence-corrected chi connectivity index (χ3v) is 3.58. The van der Waals surface area contributed by atoms with Crippen molar-refractivity contribution in [3.63, 3.8) is 0 Å². The van der Waals surface area contributed by atoms with Crippen molar-refractivity contribution < 1.29 is 18.0 Å². The van der Waals surface area contributed by atoms with E-state index in [1.165, 1.54) is 6.07 Å². The molecule has 1 aliphatic heterocycles. The maximum Gasteiger partial charge on any atom is 0.416 e. The molecular weight excluding hydrogens is 319 g/mol. The Balaban J connectivity index is 2.01. The van der Waals surface area contributed by atoms with Gasteiger partial charge in [-0.2, -0.15) is 13.2 Å². The van der Waals surface area contributed by atoms with Gasteiger partial charge in [0.2, 0.25) is 6.41 Å². The van der Waals surface area contributed by atoms with Gasteiger partial charge in [-0.1, -0.05) is 30.3 Å². The van der Waals surface area contributed by atoms with E-state index in [2.05, 4.69) is 10.7 Å². The smallest absolute Gasteiger partial charge is 0.338 e. The highest BCUT2D eigenvalue weighted by molar-refractivity contribution is 5.81. The molecule has 1 heterocycles. The van der Waals surface area contributed by atoms with Gasteiger partial charge in [0, 0.05) is 5.56 Å². The molecule has 0 bridgehead atoms. The van der Waals surface area contributed by atoms with Crippen LogP contribution in [0.3, 0.4) is 0 Å². The first-order chi connectivity index (χ1) is 11.5. The molecule has 0 fully saturated rings. The summed E-state index contributed by atoms with van der Waals surface area (Å²) in [7, 11) is 0. The summed E-state index contributed by atoms with van der Waals surface area (Å²) in [4.78, 5) is 10.7. The second-order valence-corrected chi connectivity index (χ2v) is 5.19. The average molecular weight is 333 g/mol. The number of hydrazine groups is 1. The van der Waals surface area contributed by atoms with Crippen molar-refractivity contribution in [3.8, 4) is 0 Å². The monoisotopic (exact) mass is 333 g/mol. The number of nitrogens with zero attached hydrogens (tertiary/aromatic N) is 1. The fourth-order valence-corrected chi connectivity index (χ4v) is 2.51.